The molecule has 2 fully saturated rings. The first-order valence-corrected chi connectivity index (χ1v) is 11.7. The Morgan fingerprint density at radius 1 is 1.09 bits per heavy atom. The van der Waals surface area contributed by atoms with Gasteiger partial charge in [-0.15, -0.1) is 0 Å². The van der Waals surface area contributed by atoms with Crippen LogP contribution in [0.5, 0.6) is 0 Å². The first-order chi connectivity index (χ1) is 15.5. The summed E-state index contributed by atoms with van der Waals surface area (Å²) in [5.41, 5.74) is 1.44. The minimum atomic E-state index is -0.360. The highest BCUT2D eigenvalue weighted by Gasteiger charge is 2.31. The Morgan fingerprint density at radius 2 is 1.81 bits per heavy atom. The molecule has 1 saturated carbocycles. The predicted octanol–water partition coefficient (Wildman–Crippen LogP) is 5.20. The average Bonchev–Trinajstić information content (AvgIpc) is 3.32. The van der Waals surface area contributed by atoms with E-state index in [1.807, 2.05) is 4.90 Å². The molecule has 2 aromatic rings. The molecule has 1 atom stereocenters. The van der Waals surface area contributed by atoms with Crippen molar-refractivity contribution < 1.29 is 14.0 Å². The number of rotatable bonds is 6. The summed E-state index contributed by atoms with van der Waals surface area (Å²) in [6.45, 7) is 2.52. The largest absolute Gasteiger partial charge is 0.332 e. The van der Waals surface area contributed by atoms with E-state index in [-0.39, 0.29) is 23.7 Å². The molecule has 32 heavy (non-hydrogen) atoms. The molecule has 1 unspecified atom stereocenters. The van der Waals surface area contributed by atoms with Gasteiger partial charge < -0.3 is 10.2 Å². The van der Waals surface area contributed by atoms with Crippen LogP contribution in [0.4, 0.5) is 10.1 Å². The molecule has 1 aromatic carbocycles. The Hall–Kier alpha value is -2.83. The van der Waals surface area contributed by atoms with Gasteiger partial charge in [0.05, 0.1) is 17.3 Å². The second-order valence-corrected chi connectivity index (χ2v) is 8.98. The summed E-state index contributed by atoms with van der Waals surface area (Å²) in [4.78, 5) is 36.7. The normalized spacial score (nSPS) is 19.2. The molecule has 0 spiro atoms. The number of halogens is 1. The quantitative estimate of drug-likeness (QED) is 0.673. The second kappa shape index (κ2) is 10.2. The lowest BCUT2D eigenvalue weighted by atomic mass is 9.98. The van der Waals surface area contributed by atoms with E-state index in [1.54, 1.807) is 6.92 Å². The number of likely N-dealkylation sites (tertiary alicyclic amines) is 1. The van der Waals surface area contributed by atoms with Gasteiger partial charge in [-0.3, -0.25) is 9.59 Å². The zero-order valence-corrected chi connectivity index (χ0v) is 18.6. The van der Waals surface area contributed by atoms with Crippen molar-refractivity contribution in [3.63, 3.8) is 0 Å². The number of aryl methyl sites for hydroxylation is 1. The van der Waals surface area contributed by atoms with Crippen molar-refractivity contribution in [2.45, 2.75) is 70.8 Å². The molecule has 1 N–H and O–H groups in total. The Labute approximate surface area is 188 Å². The van der Waals surface area contributed by atoms with E-state index in [4.69, 9.17) is 0 Å². The lowest BCUT2D eigenvalue weighted by molar-refractivity contribution is -0.135. The maximum Gasteiger partial charge on any atom is 0.259 e. The molecule has 1 saturated heterocycles. The maximum atomic E-state index is 13.1. The van der Waals surface area contributed by atoms with Crippen LogP contribution in [-0.4, -0.2) is 33.2 Å². The molecule has 4 rings (SSSR count). The number of nitrogens with one attached hydrogen (secondary N) is 1. The van der Waals surface area contributed by atoms with Gasteiger partial charge in [0.25, 0.3) is 5.91 Å². The molecule has 7 heteroatoms. The van der Waals surface area contributed by atoms with Crippen LogP contribution < -0.4 is 5.32 Å². The minimum Gasteiger partial charge on any atom is -0.332 e. The lowest BCUT2D eigenvalue weighted by Gasteiger charge is -2.35. The summed E-state index contributed by atoms with van der Waals surface area (Å²) in [7, 11) is 0. The van der Waals surface area contributed by atoms with Crippen LogP contribution in [0.25, 0.3) is 0 Å². The third-order valence-electron chi connectivity index (χ3n) is 6.71. The molecule has 2 heterocycles. The summed E-state index contributed by atoms with van der Waals surface area (Å²) >= 11 is 0. The topological polar surface area (TPSA) is 75.2 Å². The summed E-state index contributed by atoms with van der Waals surface area (Å²) in [6.07, 6.45) is 11.1. The standard InChI is InChI=1S/C25H31FN4O2/c1-17-21(25(32)29-20-12-10-19(26)11-13-20)16-27-24(28-17)22-8-4-5-15-30(22)23(31)14-9-18-6-2-3-7-18/h10-13,16,18,22H,2-9,14-15H2,1H3,(H,29,32). The molecule has 1 aliphatic heterocycles. The van der Waals surface area contributed by atoms with Crippen LogP contribution in [0.3, 0.4) is 0 Å². The fourth-order valence-electron chi connectivity index (χ4n) is 4.87. The molecule has 0 radical (unpaired) electrons. The number of carbonyl (C=O) groups excluding carboxylic acids is 2. The number of hydrogen-bond donors (Lipinski definition) is 1. The van der Waals surface area contributed by atoms with Gasteiger partial charge in [-0.05, 0) is 62.8 Å². The highest BCUT2D eigenvalue weighted by Crippen LogP contribution is 2.32. The first kappa shape index (κ1) is 22.4. The highest BCUT2D eigenvalue weighted by atomic mass is 19.1. The molecule has 1 aromatic heterocycles. The predicted molar refractivity (Wildman–Crippen MR) is 121 cm³/mol. The van der Waals surface area contributed by atoms with Gasteiger partial charge in [-0.25, -0.2) is 14.4 Å². The van der Waals surface area contributed by atoms with Gasteiger partial charge in [-0.1, -0.05) is 25.7 Å². The van der Waals surface area contributed by atoms with Crippen molar-refractivity contribution in [3.8, 4) is 0 Å². The monoisotopic (exact) mass is 438 g/mol. The summed E-state index contributed by atoms with van der Waals surface area (Å²) in [6, 6.07) is 5.48. The number of amides is 2. The Kier molecular flexibility index (Phi) is 7.12. The fraction of sp³-hybridized carbons (Fsp3) is 0.520. The first-order valence-electron chi connectivity index (χ1n) is 11.7. The Balaban J connectivity index is 1.44. The molecular weight excluding hydrogens is 407 g/mol. The van der Waals surface area contributed by atoms with Crippen LogP contribution in [-0.2, 0) is 4.79 Å². The number of aromatic nitrogens is 2. The van der Waals surface area contributed by atoms with Gasteiger partial charge >= 0.3 is 0 Å². The van der Waals surface area contributed by atoms with Crippen LogP contribution in [0, 0.1) is 18.7 Å². The number of nitrogens with zero attached hydrogens (tertiary/aromatic N) is 3. The van der Waals surface area contributed by atoms with Crippen molar-refractivity contribution in [3.05, 3.63) is 53.4 Å². The molecular formula is C25H31FN4O2. The smallest absolute Gasteiger partial charge is 0.259 e. The molecule has 2 amide bonds. The van der Waals surface area contributed by atoms with Crippen LogP contribution in [0.1, 0.15) is 85.7 Å². The van der Waals surface area contributed by atoms with Gasteiger partial charge in [0.2, 0.25) is 5.91 Å². The van der Waals surface area contributed by atoms with Crippen molar-refractivity contribution in [1.29, 1.82) is 0 Å². The molecule has 2 aliphatic rings. The zero-order valence-electron chi connectivity index (χ0n) is 18.6. The summed E-state index contributed by atoms with van der Waals surface area (Å²) in [5, 5.41) is 2.75. The van der Waals surface area contributed by atoms with E-state index in [0.717, 1.165) is 32.2 Å². The zero-order chi connectivity index (χ0) is 22.5. The van der Waals surface area contributed by atoms with Gasteiger partial charge in [0, 0.05) is 24.8 Å². The van der Waals surface area contributed by atoms with Crippen LogP contribution in [0.15, 0.2) is 30.5 Å². The average molecular weight is 439 g/mol. The van der Waals surface area contributed by atoms with Crippen molar-refractivity contribution >= 4 is 17.5 Å². The van der Waals surface area contributed by atoms with E-state index < -0.39 is 0 Å². The highest BCUT2D eigenvalue weighted by molar-refractivity contribution is 6.04. The van der Waals surface area contributed by atoms with Crippen molar-refractivity contribution in [2.75, 3.05) is 11.9 Å². The van der Waals surface area contributed by atoms with Gasteiger partial charge in [0.15, 0.2) is 5.82 Å². The van der Waals surface area contributed by atoms with Crippen molar-refractivity contribution in [2.24, 2.45) is 5.92 Å². The van der Waals surface area contributed by atoms with E-state index >= 15 is 0 Å². The summed E-state index contributed by atoms with van der Waals surface area (Å²) in [5.74, 6) is 0.797. The van der Waals surface area contributed by atoms with Crippen molar-refractivity contribution in [1.82, 2.24) is 14.9 Å². The van der Waals surface area contributed by atoms with Crippen LogP contribution in [0.2, 0.25) is 0 Å². The minimum absolute atomic E-state index is 0.132. The maximum absolute atomic E-state index is 13.1. The molecule has 6 nitrogen and oxygen atoms in total. The number of benzene rings is 1. The third kappa shape index (κ3) is 5.31. The van der Waals surface area contributed by atoms with E-state index in [2.05, 4.69) is 15.3 Å². The fourth-order valence-corrected chi connectivity index (χ4v) is 4.87. The third-order valence-corrected chi connectivity index (χ3v) is 6.71. The molecule has 0 bridgehead atoms. The van der Waals surface area contributed by atoms with E-state index in [1.165, 1.54) is 56.1 Å². The van der Waals surface area contributed by atoms with E-state index in [9.17, 15) is 14.0 Å². The van der Waals surface area contributed by atoms with Gasteiger partial charge in [0.1, 0.15) is 5.82 Å². The Morgan fingerprint density at radius 3 is 2.53 bits per heavy atom. The van der Waals surface area contributed by atoms with Gasteiger partial charge in [-0.2, -0.15) is 0 Å². The van der Waals surface area contributed by atoms with Crippen LogP contribution >= 0.6 is 0 Å². The number of piperidine rings is 1. The number of carbonyl (C=O) groups is 2. The number of anilines is 1. The number of hydrogen-bond acceptors (Lipinski definition) is 4. The Bertz CT molecular complexity index is 957. The second-order valence-electron chi connectivity index (χ2n) is 8.98. The summed E-state index contributed by atoms with van der Waals surface area (Å²) < 4.78 is 13.1. The SMILES string of the molecule is Cc1nc(C2CCCCN2C(=O)CCC2CCCC2)ncc1C(=O)Nc1ccc(F)cc1. The van der Waals surface area contributed by atoms with E-state index in [0.29, 0.717) is 35.1 Å². The molecule has 1 aliphatic carbocycles. The molecule has 170 valence electrons. The lowest BCUT2D eigenvalue weighted by Crippen LogP contribution is -2.39.